The molecule has 5 nitrogen and oxygen atoms in total. The molecule has 4 aromatic rings. The molecular formula is C23H18N2O3. The van der Waals surface area contributed by atoms with Crippen molar-refractivity contribution in [3.8, 4) is 34.0 Å². The van der Waals surface area contributed by atoms with Crippen LogP contribution in [0.2, 0.25) is 0 Å². The molecule has 1 heterocycles. The molecule has 0 atom stereocenters. The summed E-state index contributed by atoms with van der Waals surface area (Å²) in [7, 11) is 0. The van der Waals surface area contributed by atoms with E-state index < -0.39 is 5.97 Å². The molecule has 1 N–H and O–H groups in total. The first-order valence-corrected chi connectivity index (χ1v) is 8.85. The van der Waals surface area contributed by atoms with E-state index in [2.05, 4.69) is 17.1 Å². The minimum Gasteiger partial charge on any atom is -0.482 e. The summed E-state index contributed by atoms with van der Waals surface area (Å²) in [6.45, 7) is -0.363. The van der Waals surface area contributed by atoms with Gasteiger partial charge in [-0.1, -0.05) is 60.7 Å². The van der Waals surface area contributed by atoms with Crippen LogP contribution in [0.25, 0.3) is 28.2 Å². The summed E-state index contributed by atoms with van der Waals surface area (Å²) in [4.78, 5) is 15.3. The Hall–Kier alpha value is -3.86. The molecule has 0 spiro atoms. The Bertz CT molecular complexity index is 1070. The number of imidazole rings is 1. The van der Waals surface area contributed by atoms with E-state index in [1.54, 1.807) is 18.5 Å². The van der Waals surface area contributed by atoms with Crippen LogP contribution in [0.15, 0.2) is 91.3 Å². The lowest BCUT2D eigenvalue weighted by molar-refractivity contribution is -0.139. The Balaban J connectivity index is 1.77. The maximum Gasteiger partial charge on any atom is 0.341 e. The standard InChI is InChI=1S/C23H18N2O3/c26-21(27)15-28-20-13-11-19(12-14-20)25-16-24-22(17-7-3-1-4-8-17)23(25)18-9-5-2-6-10-18/h1-14,16H,15H2,(H,26,27). The van der Waals surface area contributed by atoms with Crippen LogP contribution in [0.1, 0.15) is 0 Å². The predicted octanol–water partition coefficient (Wildman–Crippen LogP) is 4.67. The Morgan fingerprint density at radius 1 is 0.857 bits per heavy atom. The molecule has 1 aromatic heterocycles. The molecule has 0 saturated carbocycles. The fourth-order valence-electron chi connectivity index (χ4n) is 3.07. The largest absolute Gasteiger partial charge is 0.482 e. The number of carbonyl (C=O) groups is 1. The molecule has 3 aromatic carbocycles. The van der Waals surface area contributed by atoms with Gasteiger partial charge in [0, 0.05) is 16.8 Å². The molecular weight excluding hydrogens is 352 g/mol. The van der Waals surface area contributed by atoms with Crippen molar-refractivity contribution in [3.05, 3.63) is 91.3 Å². The number of hydrogen-bond acceptors (Lipinski definition) is 3. The smallest absolute Gasteiger partial charge is 0.341 e. The molecule has 0 amide bonds. The molecule has 0 radical (unpaired) electrons. The van der Waals surface area contributed by atoms with Gasteiger partial charge in [0.2, 0.25) is 0 Å². The topological polar surface area (TPSA) is 64.3 Å². The number of carboxylic acids is 1. The average molecular weight is 370 g/mol. The number of carboxylic acid groups (broad SMARTS) is 1. The average Bonchev–Trinajstić information content (AvgIpc) is 3.19. The first-order chi connectivity index (χ1) is 13.7. The lowest BCUT2D eigenvalue weighted by Gasteiger charge is -2.12. The zero-order valence-electron chi connectivity index (χ0n) is 15.0. The number of benzene rings is 3. The van der Waals surface area contributed by atoms with E-state index in [1.807, 2.05) is 65.2 Å². The molecule has 0 aliphatic carbocycles. The number of hydrogen-bond donors (Lipinski definition) is 1. The third-order valence-electron chi connectivity index (χ3n) is 4.34. The highest BCUT2D eigenvalue weighted by Gasteiger charge is 2.16. The van der Waals surface area contributed by atoms with Crippen molar-refractivity contribution in [2.24, 2.45) is 0 Å². The fourth-order valence-corrected chi connectivity index (χ4v) is 3.07. The second-order valence-corrected chi connectivity index (χ2v) is 6.22. The third-order valence-corrected chi connectivity index (χ3v) is 4.34. The van der Waals surface area contributed by atoms with E-state index >= 15 is 0 Å². The van der Waals surface area contributed by atoms with Gasteiger partial charge in [-0.05, 0) is 24.3 Å². The van der Waals surface area contributed by atoms with E-state index in [1.165, 1.54) is 0 Å². The van der Waals surface area contributed by atoms with Crippen LogP contribution < -0.4 is 4.74 Å². The minimum absolute atomic E-state index is 0.363. The lowest BCUT2D eigenvalue weighted by atomic mass is 10.0. The van der Waals surface area contributed by atoms with E-state index in [0.29, 0.717) is 5.75 Å². The second kappa shape index (κ2) is 7.80. The number of rotatable bonds is 6. The van der Waals surface area contributed by atoms with E-state index in [0.717, 1.165) is 28.2 Å². The van der Waals surface area contributed by atoms with Crippen LogP contribution in [-0.4, -0.2) is 27.2 Å². The molecule has 0 saturated heterocycles. The zero-order valence-corrected chi connectivity index (χ0v) is 15.0. The fraction of sp³-hybridized carbons (Fsp3) is 0.0435. The van der Waals surface area contributed by atoms with Crippen LogP contribution in [-0.2, 0) is 4.79 Å². The Labute approximate surface area is 162 Å². The number of aliphatic carboxylic acids is 1. The highest BCUT2D eigenvalue weighted by atomic mass is 16.5. The quantitative estimate of drug-likeness (QED) is 0.536. The van der Waals surface area contributed by atoms with E-state index in [-0.39, 0.29) is 6.61 Å². The molecule has 0 aliphatic heterocycles. The van der Waals surface area contributed by atoms with Crippen molar-refractivity contribution >= 4 is 5.97 Å². The van der Waals surface area contributed by atoms with Crippen LogP contribution in [0, 0.1) is 0 Å². The summed E-state index contributed by atoms with van der Waals surface area (Å²) in [6.07, 6.45) is 1.80. The molecule has 0 bridgehead atoms. The van der Waals surface area contributed by atoms with E-state index in [4.69, 9.17) is 9.84 Å². The van der Waals surface area contributed by atoms with Gasteiger partial charge < -0.3 is 9.84 Å². The van der Waals surface area contributed by atoms with Crippen molar-refractivity contribution in [2.75, 3.05) is 6.61 Å². The summed E-state index contributed by atoms with van der Waals surface area (Å²) in [5, 5.41) is 8.74. The monoisotopic (exact) mass is 370 g/mol. The summed E-state index contributed by atoms with van der Waals surface area (Å²) in [6, 6.07) is 27.5. The van der Waals surface area contributed by atoms with E-state index in [9.17, 15) is 4.79 Å². The van der Waals surface area contributed by atoms with Crippen LogP contribution in [0.5, 0.6) is 5.75 Å². The summed E-state index contributed by atoms with van der Waals surface area (Å²) < 4.78 is 7.25. The molecule has 0 unspecified atom stereocenters. The SMILES string of the molecule is O=C(O)COc1ccc(-n2cnc(-c3ccccc3)c2-c2ccccc2)cc1. The van der Waals surface area contributed by atoms with Gasteiger partial charge in [0.05, 0.1) is 11.4 Å². The highest BCUT2D eigenvalue weighted by Crippen LogP contribution is 2.33. The van der Waals surface area contributed by atoms with Crippen LogP contribution in [0.4, 0.5) is 0 Å². The van der Waals surface area contributed by atoms with Gasteiger partial charge >= 0.3 is 5.97 Å². The molecule has 0 fully saturated rings. The van der Waals surface area contributed by atoms with Gasteiger partial charge in [0.15, 0.2) is 6.61 Å². The normalized spacial score (nSPS) is 10.6. The van der Waals surface area contributed by atoms with Crippen molar-refractivity contribution < 1.29 is 14.6 Å². The molecule has 28 heavy (non-hydrogen) atoms. The molecule has 138 valence electrons. The van der Waals surface area contributed by atoms with Gasteiger partial charge in [-0.2, -0.15) is 0 Å². The van der Waals surface area contributed by atoms with Gasteiger partial charge in [-0.15, -0.1) is 0 Å². The van der Waals surface area contributed by atoms with Crippen LogP contribution in [0.3, 0.4) is 0 Å². The van der Waals surface area contributed by atoms with Crippen molar-refractivity contribution in [2.45, 2.75) is 0 Å². The summed E-state index contributed by atoms with van der Waals surface area (Å²) >= 11 is 0. The molecule has 0 aliphatic rings. The lowest BCUT2D eigenvalue weighted by Crippen LogP contribution is -2.09. The maximum atomic E-state index is 10.7. The van der Waals surface area contributed by atoms with Crippen molar-refractivity contribution in [1.29, 1.82) is 0 Å². The van der Waals surface area contributed by atoms with Gasteiger partial charge in [0.1, 0.15) is 12.1 Å². The number of aromatic nitrogens is 2. The third kappa shape index (κ3) is 3.64. The second-order valence-electron chi connectivity index (χ2n) is 6.22. The number of ether oxygens (including phenoxy) is 1. The summed E-state index contributed by atoms with van der Waals surface area (Å²) in [5.41, 5.74) is 4.91. The van der Waals surface area contributed by atoms with Crippen molar-refractivity contribution in [3.63, 3.8) is 0 Å². The molecule has 5 heteroatoms. The Kier molecular flexibility index (Phi) is 4.89. The first-order valence-electron chi connectivity index (χ1n) is 8.85. The highest BCUT2D eigenvalue weighted by molar-refractivity contribution is 5.80. The Morgan fingerprint density at radius 2 is 1.46 bits per heavy atom. The first kappa shape index (κ1) is 17.5. The molecule has 4 rings (SSSR count). The predicted molar refractivity (Wildman–Crippen MR) is 108 cm³/mol. The maximum absolute atomic E-state index is 10.7. The summed E-state index contributed by atoms with van der Waals surface area (Å²) in [5.74, 6) is -0.492. The zero-order chi connectivity index (χ0) is 19.3. The minimum atomic E-state index is -1.00. The van der Waals surface area contributed by atoms with Crippen LogP contribution >= 0.6 is 0 Å². The van der Waals surface area contributed by atoms with Gasteiger partial charge in [-0.25, -0.2) is 9.78 Å². The number of nitrogens with zero attached hydrogens (tertiary/aromatic N) is 2. The Morgan fingerprint density at radius 3 is 2.07 bits per heavy atom. The van der Waals surface area contributed by atoms with Crippen molar-refractivity contribution in [1.82, 2.24) is 9.55 Å². The van der Waals surface area contributed by atoms with Gasteiger partial charge in [-0.3, -0.25) is 4.57 Å². The van der Waals surface area contributed by atoms with Gasteiger partial charge in [0.25, 0.3) is 0 Å².